The molecule has 0 radical (unpaired) electrons. The smallest absolute Gasteiger partial charge is 0.358 e. The van der Waals surface area contributed by atoms with Crippen molar-refractivity contribution in [2.24, 2.45) is 0 Å². The first kappa shape index (κ1) is 20.2. The number of aldehydes is 1. The van der Waals surface area contributed by atoms with Crippen LogP contribution in [0, 0.1) is 11.6 Å². The number of rotatable bonds is 7. The summed E-state index contributed by atoms with van der Waals surface area (Å²) in [5, 5.41) is 20.2. The molecule has 2 rings (SSSR count). The maximum Gasteiger partial charge on any atom is 0.358 e. The highest BCUT2D eigenvalue weighted by Gasteiger charge is 2.35. The third-order valence-electron chi connectivity index (χ3n) is 3.99. The number of nitrogens with zero attached hydrogens (tertiary/aromatic N) is 1. The van der Waals surface area contributed by atoms with Crippen LogP contribution in [0.5, 0.6) is 0 Å². The van der Waals surface area contributed by atoms with E-state index >= 15 is 0 Å². The Morgan fingerprint density at radius 1 is 1.33 bits per heavy atom. The number of Topliss-reactive ketones (excluding diaryl/α,β-unsaturated/α-hetero) is 1. The Labute approximate surface area is 153 Å². The number of hydrogen-bond acceptors (Lipinski definition) is 7. The van der Waals surface area contributed by atoms with Gasteiger partial charge in [-0.25, -0.2) is 13.6 Å². The van der Waals surface area contributed by atoms with E-state index < -0.39 is 40.9 Å². The molecule has 0 aliphatic carbocycles. The standard InChI is InChI=1S/C18H17F2NO6/c1-27-18(26)15-17(25)16(24)12(9-21(15)6-7-22)14(23)5-3-10-2-4-11(19)8-13(10)20/h2,4,7-9,16,24-25H,3,5-6H2,1H3. The van der Waals surface area contributed by atoms with Crippen LogP contribution >= 0.6 is 0 Å². The van der Waals surface area contributed by atoms with Crippen molar-refractivity contribution in [3.63, 3.8) is 0 Å². The molecule has 1 aromatic rings. The topological polar surface area (TPSA) is 104 Å². The number of benzene rings is 1. The number of ether oxygens (including phenoxy) is 1. The summed E-state index contributed by atoms with van der Waals surface area (Å²) in [4.78, 5) is 36.0. The number of carbonyl (C=O) groups is 3. The van der Waals surface area contributed by atoms with Gasteiger partial charge in [0, 0.05) is 24.3 Å². The van der Waals surface area contributed by atoms with Crippen LogP contribution in [0.15, 0.2) is 41.4 Å². The number of aliphatic hydroxyl groups is 2. The number of halogens is 2. The molecular weight excluding hydrogens is 364 g/mol. The largest absolute Gasteiger partial charge is 0.507 e. The molecule has 1 unspecified atom stereocenters. The molecule has 1 aliphatic rings. The molecular formula is C18H17F2NO6. The van der Waals surface area contributed by atoms with Crippen LogP contribution in [0.3, 0.4) is 0 Å². The molecule has 0 saturated heterocycles. The number of ketones is 1. The molecule has 0 fully saturated rings. The maximum atomic E-state index is 13.7. The van der Waals surface area contributed by atoms with Gasteiger partial charge in [0.05, 0.1) is 13.7 Å². The van der Waals surface area contributed by atoms with E-state index in [1.54, 1.807) is 0 Å². The Bertz CT molecular complexity index is 833. The zero-order valence-corrected chi connectivity index (χ0v) is 14.3. The number of aliphatic hydroxyl groups excluding tert-OH is 2. The summed E-state index contributed by atoms with van der Waals surface area (Å²) < 4.78 is 31.1. The molecule has 0 aromatic heterocycles. The van der Waals surface area contributed by atoms with Gasteiger partial charge in [0.2, 0.25) is 0 Å². The lowest BCUT2D eigenvalue weighted by Gasteiger charge is -2.29. The molecule has 9 heteroatoms. The molecule has 2 N–H and O–H groups in total. The zero-order chi connectivity index (χ0) is 20.1. The van der Waals surface area contributed by atoms with Crippen molar-refractivity contribution >= 4 is 18.0 Å². The molecule has 1 heterocycles. The average molecular weight is 381 g/mol. The number of carbonyl (C=O) groups excluding carboxylic acids is 3. The lowest BCUT2D eigenvalue weighted by Crippen LogP contribution is -2.37. The SMILES string of the molecule is COC(=O)C1=C(O)C(O)C(C(=O)CCc2ccc(F)cc2F)=CN1CC=O. The van der Waals surface area contributed by atoms with E-state index in [1.165, 1.54) is 6.07 Å². The summed E-state index contributed by atoms with van der Waals surface area (Å²) in [6, 6.07) is 2.95. The Morgan fingerprint density at radius 3 is 2.63 bits per heavy atom. The van der Waals surface area contributed by atoms with E-state index in [2.05, 4.69) is 4.74 Å². The van der Waals surface area contributed by atoms with E-state index in [1.807, 2.05) is 0 Å². The first-order chi connectivity index (χ1) is 12.8. The van der Waals surface area contributed by atoms with Crippen LogP contribution < -0.4 is 0 Å². The fourth-order valence-electron chi connectivity index (χ4n) is 2.61. The lowest BCUT2D eigenvalue weighted by molar-refractivity contribution is -0.138. The van der Waals surface area contributed by atoms with Gasteiger partial charge in [-0.05, 0) is 18.1 Å². The van der Waals surface area contributed by atoms with Gasteiger partial charge < -0.3 is 24.6 Å². The van der Waals surface area contributed by atoms with Gasteiger partial charge in [-0.3, -0.25) is 4.79 Å². The molecule has 7 nitrogen and oxygen atoms in total. The molecule has 144 valence electrons. The van der Waals surface area contributed by atoms with E-state index in [-0.39, 0.29) is 30.5 Å². The molecule has 0 saturated carbocycles. The predicted octanol–water partition coefficient (Wildman–Crippen LogP) is 1.17. The minimum Gasteiger partial charge on any atom is -0.507 e. The highest BCUT2D eigenvalue weighted by molar-refractivity contribution is 5.99. The van der Waals surface area contributed by atoms with Crippen molar-refractivity contribution in [2.75, 3.05) is 13.7 Å². The van der Waals surface area contributed by atoms with E-state index in [0.29, 0.717) is 12.4 Å². The first-order valence-electron chi connectivity index (χ1n) is 7.88. The summed E-state index contributed by atoms with van der Waals surface area (Å²) in [6.07, 6.45) is -0.625. The Hall–Kier alpha value is -3.07. The molecule has 0 spiro atoms. The molecule has 1 aliphatic heterocycles. The van der Waals surface area contributed by atoms with Gasteiger partial charge in [-0.2, -0.15) is 0 Å². The van der Waals surface area contributed by atoms with Crippen molar-refractivity contribution in [1.82, 2.24) is 4.90 Å². The fraction of sp³-hybridized carbons (Fsp3) is 0.278. The summed E-state index contributed by atoms with van der Waals surface area (Å²) in [5.41, 5.74) is -0.627. The highest BCUT2D eigenvalue weighted by Crippen LogP contribution is 2.26. The summed E-state index contributed by atoms with van der Waals surface area (Å²) in [5.74, 6) is -4.02. The van der Waals surface area contributed by atoms with Crippen molar-refractivity contribution < 1.29 is 38.1 Å². The predicted molar refractivity (Wildman–Crippen MR) is 88.2 cm³/mol. The fourth-order valence-corrected chi connectivity index (χ4v) is 2.61. The summed E-state index contributed by atoms with van der Waals surface area (Å²) in [7, 11) is 1.05. The van der Waals surface area contributed by atoms with Crippen LogP contribution in [0.2, 0.25) is 0 Å². The quantitative estimate of drug-likeness (QED) is 0.540. The molecule has 1 aromatic carbocycles. The van der Waals surface area contributed by atoms with Crippen molar-refractivity contribution in [1.29, 1.82) is 0 Å². The molecule has 27 heavy (non-hydrogen) atoms. The number of hydrogen-bond donors (Lipinski definition) is 2. The minimum absolute atomic E-state index is 0.0724. The summed E-state index contributed by atoms with van der Waals surface area (Å²) >= 11 is 0. The molecule has 0 amide bonds. The van der Waals surface area contributed by atoms with E-state index in [9.17, 15) is 33.4 Å². The Morgan fingerprint density at radius 2 is 2.04 bits per heavy atom. The van der Waals surface area contributed by atoms with Crippen LogP contribution in [0.25, 0.3) is 0 Å². The summed E-state index contributed by atoms with van der Waals surface area (Å²) in [6.45, 7) is -0.370. The minimum atomic E-state index is -1.80. The van der Waals surface area contributed by atoms with Gasteiger partial charge in [-0.1, -0.05) is 6.07 Å². The molecule has 1 atom stereocenters. The second kappa shape index (κ2) is 8.54. The highest BCUT2D eigenvalue weighted by atomic mass is 19.1. The first-order valence-corrected chi connectivity index (χ1v) is 7.88. The third kappa shape index (κ3) is 4.37. The third-order valence-corrected chi connectivity index (χ3v) is 3.99. The molecule has 0 bridgehead atoms. The zero-order valence-electron chi connectivity index (χ0n) is 14.3. The van der Waals surface area contributed by atoms with Gasteiger partial charge in [0.1, 0.15) is 24.0 Å². The number of esters is 1. The number of methoxy groups -OCH3 is 1. The van der Waals surface area contributed by atoms with E-state index in [4.69, 9.17) is 0 Å². The monoisotopic (exact) mass is 381 g/mol. The second-order valence-corrected chi connectivity index (χ2v) is 5.69. The van der Waals surface area contributed by atoms with Gasteiger partial charge in [0.25, 0.3) is 0 Å². The van der Waals surface area contributed by atoms with Gasteiger partial charge >= 0.3 is 5.97 Å². The maximum absolute atomic E-state index is 13.7. The lowest BCUT2D eigenvalue weighted by atomic mass is 9.95. The second-order valence-electron chi connectivity index (χ2n) is 5.69. The van der Waals surface area contributed by atoms with Crippen molar-refractivity contribution in [3.8, 4) is 0 Å². The van der Waals surface area contributed by atoms with Crippen molar-refractivity contribution in [2.45, 2.75) is 18.9 Å². The Balaban J connectivity index is 2.22. The Kier molecular flexibility index (Phi) is 6.40. The number of aryl methyl sites for hydroxylation is 1. The van der Waals surface area contributed by atoms with Gasteiger partial charge in [0.15, 0.2) is 17.2 Å². The van der Waals surface area contributed by atoms with Crippen LogP contribution in [-0.2, 0) is 25.5 Å². The van der Waals surface area contributed by atoms with Crippen LogP contribution in [0.4, 0.5) is 8.78 Å². The average Bonchev–Trinajstić information content (AvgIpc) is 2.63. The van der Waals surface area contributed by atoms with Crippen molar-refractivity contribution in [3.05, 3.63) is 58.6 Å². The van der Waals surface area contributed by atoms with Crippen LogP contribution in [0.1, 0.15) is 12.0 Å². The van der Waals surface area contributed by atoms with E-state index in [0.717, 1.165) is 24.3 Å². The van der Waals surface area contributed by atoms with Crippen LogP contribution in [-0.4, -0.2) is 52.9 Å². The van der Waals surface area contributed by atoms with Gasteiger partial charge in [-0.15, -0.1) is 0 Å². The normalized spacial score (nSPS) is 16.8.